The summed E-state index contributed by atoms with van der Waals surface area (Å²) in [7, 11) is 1.62. The smallest absolute Gasteiger partial charge is 0.126 e. The summed E-state index contributed by atoms with van der Waals surface area (Å²) < 4.78 is 18.6. The molecule has 0 saturated heterocycles. The van der Waals surface area contributed by atoms with E-state index in [-0.39, 0.29) is 6.10 Å². The third kappa shape index (κ3) is 2.22. The standard InChI is InChI=1S/C11H21FO/c1-7(2)9-5-6-10(12)11(13-4)8(9)3/h7-11H,5-6H2,1-4H3/t8-,9-,10+,11-/m0/s1. The van der Waals surface area contributed by atoms with Gasteiger partial charge in [-0.05, 0) is 30.6 Å². The van der Waals surface area contributed by atoms with Crippen molar-refractivity contribution in [1.82, 2.24) is 0 Å². The molecule has 4 atom stereocenters. The highest BCUT2D eigenvalue weighted by Crippen LogP contribution is 2.37. The van der Waals surface area contributed by atoms with Crippen LogP contribution in [0.5, 0.6) is 0 Å². The molecule has 0 N–H and O–H groups in total. The van der Waals surface area contributed by atoms with E-state index < -0.39 is 6.17 Å². The third-order valence-electron chi connectivity index (χ3n) is 3.45. The zero-order valence-electron chi connectivity index (χ0n) is 9.09. The monoisotopic (exact) mass is 188 g/mol. The summed E-state index contributed by atoms with van der Waals surface area (Å²) in [5, 5.41) is 0. The van der Waals surface area contributed by atoms with Crippen molar-refractivity contribution in [3.8, 4) is 0 Å². The molecule has 0 unspecified atom stereocenters. The second-order valence-corrected chi connectivity index (χ2v) is 4.56. The highest BCUT2D eigenvalue weighted by molar-refractivity contribution is 4.87. The Hall–Kier alpha value is -0.110. The zero-order valence-corrected chi connectivity index (χ0v) is 9.09. The molecule has 78 valence electrons. The Morgan fingerprint density at radius 2 is 1.92 bits per heavy atom. The van der Waals surface area contributed by atoms with Crippen LogP contribution in [0, 0.1) is 17.8 Å². The van der Waals surface area contributed by atoms with Crippen molar-refractivity contribution in [2.75, 3.05) is 7.11 Å². The number of alkyl halides is 1. The number of methoxy groups -OCH3 is 1. The minimum Gasteiger partial charge on any atom is -0.378 e. The van der Waals surface area contributed by atoms with E-state index in [2.05, 4.69) is 20.8 Å². The molecule has 0 bridgehead atoms. The lowest BCUT2D eigenvalue weighted by atomic mass is 9.72. The topological polar surface area (TPSA) is 9.23 Å². The summed E-state index contributed by atoms with van der Waals surface area (Å²) in [6, 6.07) is 0. The minimum absolute atomic E-state index is 0.179. The van der Waals surface area contributed by atoms with Gasteiger partial charge in [0.25, 0.3) is 0 Å². The van der Waals surface area contributed by atoms with Gasteiger partial charge >= 0.3 is 0 Å². The normalized spacial score (nSPS) is 41.1. The number of hydrogen-bond donors (Lipinski definition) is 0. The minimum atomic E-state index is -0.755. The van der Waals surface area contributed by atoms with Crippen LogP contribution in [0.4, 0.5) is 4.39 Å². The molecule has 0 aromatic rings. The predicted octanol–water partition coefficient (Wildman–Crippen LogP) is 3.04. The molecule has 0 radical (unpaired) electrons. The zero-order chi connectivity index (χ0) is 10.0. The maximum atomic E-state index is 13.4. The molecule has 0 heterocycles. The number of halogens is 1. The SMILES string of the molecule is CO[C@H]1[C@@H](C)[C@H](C(C)C)CC[C@H]1F. The molecule has 1 fully saturated rings. The van der Waals surface area contributed by atoms with Gasteiger partial charge in [-0.2, -0.15) is 0 Å². The second kappa shape index (κ2) is 4.41. The molecule has 2 heteroatoms. The van der Waals surface area contributed by atoms with E-state index in [9.17, 15) is 4.39 Å². The van der Waals surface area contributed by atoms with Gasteiger partial charge in [-0.1, -0.05) is 20.8 Å². The molecule has 1 saturated carbocycles. The number of hydrogen-bond acceptors (Lipinski definition) is 1. The number of ether oxygens (including phenoxy) is 1. The molecular weight excluding hydrogens is 167 g/mol. The lowest BCUT2D eigenvalue weighted by molar-refractivity contribution is -0.0597. The van der Waals surface area contributed by atoms with Gasteiger partial charge in [-0.25, -0.2) is 4.39 Å². The Labute approximate surface area is 80.7 Å². The second-order valence-electron chi connectivity index (χ2n) is 4.56. The summed E-state index contributed by atoms with van der Waals surface area (Å²) in [4.78, 5) is 0. The first-order chi connectivity index (χ1) is 6.07. The van der Waals surface area contributed by atoms with Crippen molar-refractivity contribution < 1.29 is 9.13 Å². The van der Waals surface area contributed by atoms with Crippen LogP contribution in [-0.2, 0) is 4.74 Å². The van der Waals surface area contributed by atoms with Crippen molar-refractivity contribution >= 4 is 0 Å². The lowest BCUT2D eigenvalue weighted by Gasteiger charge is -2.39. The number of rotatable bonds is 2. The first-order valence-electron chi connectivity index (χ1n) is 5.24. The molecule has 13 heavy (non-hydrogen) atoms. The van der Waals surface area contributed by atoms with E-state index in [1.807, 2.05) is 0 Å². The highest BCUT2D eigenvalue weighted by atomic mass is 19.1. The van der Waals surface area contributed by atoms with E-state index in [1.165, 1.54) is 0 Å². The van der Waals surface area contributed by atoms with E-state index in [0.717, 1.165) is 6.42 Å². The van der Waals surface area contributed by atoms with Gasteiger partial charge in [0.15, 0.2) is 0 Å². The van der Waals surface area contributed by atoms with Crippen LogP contribution in [-0.4, -0.2) is 19.4 Å². The van der Waals surface area contributed by atoms with Crippen LogP contribution in [0.15, 0.2) is 0 Å². The predicted molar refractivity (Wildman–Crippen MR) is 52.4 cm³/mol. The Bertz CT molecular complexity index is 156. The Morgan fingerprint density at radius 3 is 2.38 bits per heavy atom. The lowest BCUT2D eigenvalue weighted by Crippen LogP contribution is -2.41. The first kappa shape index (κ1) is 11.0. The van der Waals surface area contributed by atoms with Crippen molar-refractivity contribution in [3.63, 3.8) is 0 Å². The van der Waals surface area contributed by atoms with Gasteiger partial charge in [0, 0.05) is 7.11 Å². The van der Waals surface area contributed by atoms with Crippen LogP contribution < -0.4 is 0 Å². The molecule has 0 amide bonds. The van der Waals surface area contributed by atoms with Gasteiger partial charge in [-0.15, -0.1) is 0 Å². The van der Waals surface area contributed by atoms with Crippen molar-refractivity contribution in [2.24, 2.45) is 17.8 Å². The van der Waals surface area contributed by atoms with Gasteiger partial charge in [0.05, 0.1) is 6.10 Å². The highest BCUT2D eigenvalue weighted by Gasteiger charge is 2.38. The fraction of sp³-hybridized carbons (Fsp3) is 1.00. The van der Waals surface area contributed by atoms with Crippen LogP contribution in [0.25, 0.3) is 0 Å². The molecular formula is C11H21FO. The summed E-state index contributed by atoms with van der Waals surface area (Å²) in [5.41, 5.74) is 0. The average Bonchev–Trinajstić information content (AvgIpc) is 2.04. The fourth-order valence-electron chi connectivity index (χ4n) is 2.65. The van der Waals surface area contributed by atoms with Crippen LogP contribution in [0.2, 0.25) is 0 Å². The van der Waals surface area contributed by atoms with E-state index in [4.69, 9.17) is 4.74 Å². The van der Waals surface area contributed by atoms with Crippen LogP contribution in [0.1, 0.15) is 33.6 Å². The first-order valence-corrected chi connectivity index (χ1v) is 5.24. The maximum absolute atomic E-state index is 13.4. The Morgan fingerprint density at radius 1 is 1.31 bits per heavy atom. The molecule has 1 aliphatic carbocycles. The van der Waals surface area contributed by atoms with Gasteiger partial charge in [0.2, 0.25) is 0 Å². The summed E-state index contributed by atoms with van der Waals surface area (Å²) >= 11 is 0. The van der Waals surface area contributed by atoms with Crippen LogP contribution in [0.3, 0.4) is 0 Å². The van der Waals surface area contributed by atoms with Crippen molar-refractivity contribution in [2.45, 2.75) is 45.9 Å². The molecule has 1 nitrogen and oxygen atoms in total. The van der Waals surface area contributed by atoms with Gasteiger partial charge < -0.3 is 4.74 Å². The molecule has 0 aromatic heterocycles. The van der Waals surface area contributed by atoms with E-state index >= 15 is 0 Å². The average molecular weight is 188 g/mol. The summed E-state index contributed by atoms with van der Waals surface area (Å²) in [6.45, 7) is 6.55. The summed E-state index contributed by atoms with van der Waals surface area (Å²) in [5.74, 6) is 1.62. The Balaban J connectivity index is 2.63. The fourth-order valence-corrected chi connectivity index (χ4v) is 2.65. The van der Waals surface area contributed by atoms with Crippen LogP contribution >= 0.6 is 0 Å². The molecule has 1 rings (SSSR count). The molecule has 1 aliphatic rings. The molecule has 0 aliphatic heterocycles. The van der Waals surface area contributed by atoms with Crippen molar-refractivity contribution in [1.29, 1.82) is 0 Å². The van der Waals surface area contributed by atoms with Gasteiger partial charge in [-0.3, -0.25) is 0 Å². The third-order valence-corrected chi connectivity index (χ3v) is 3.45. The van der Waals surface area contributed by atoms with E-state index in [0.29, 0.717) is 24.2 Å². The van der Waals surface area contributed by atoms with Crippen molar-refractivity contribution in [3.05, 3.63) is 0 Å². The quantitative estimate of drug-likeness (QED) is 0.647. The molecule has 0 aromatic carbocycles. The summed E-state index contributed by atoms with van der Waals surface area (Å²) in [6.07, 6.45) is 0.752. The molecule has 0 spiro atoms. The maximum Gasteiger partial charge on any atom is 0.126 e. The van der Waals surface area contributed by atoms with E-state index in [1.54, 1.807) is 7.11 Å². The Kier molecular flexibility index (Phi) is 3.72. The largest absolute Gasteiger partial charge is 0.378 e. The van der Waals surface area contributed by atoms with Gasteiger partial charge in [0.1, 0.15) is 6.17 Å².